The molecule has 1 aromatic rings. The fourth-order valence-corrected chi connectivity index (χ4v) is 1.55. The van der Waals surface area contributed by atoms with Crippen molar-refractivity contribution in [3.63, 3.8) is 0 Å². The van der Waals surface area contributed by atoms with Crippen molar-refractivity contribution in [3.8, 4) is 5.75 Å². The van der Waals surface area contributed by atoms with Crippen molar-refractivity contribution in [2.45, 2.75) is 26.2 Å². The summed E-state index contributed by atoms with van der Waals surface area (Å²) >= 11 is 0. The molecular formula is C10H16KO4P. The fraction of sp³-hybridized carbons (Fsp3) is 0.400. The maximum Gasteiger partial charge on any atom is 1.00 e. The van der Waals surface area contributed by atoms with Gasteiger partial charge in [0, 0.05) is 0 Å². The Hall–Kier alpha value is 0.806. The Balaban J connectivity index is 0. The van der Waals surface area contributed by atoms with Crippen molar-refractivity contribution < 1.29 is 71.7 Å². The van der Waals surface area contributed by atoms with Crippen LogP contribution in [0.3, 0.4) is 0 Å². The third-order valence-electron chi connectivity index (χ3n) is 1.94. The summed E-state index contributed by atoms with van der Waals surface area (Å²) in [6, 6.07) is 6.70. The summed E-state index contributed by atoms with van der Waals surface area (Å²) in [6.45, 7) is 6.18. The molecule has 1 rings (SSSR count). The largest absolute Gasteiger partial charge is 1.00 e. The van der Waals surface area contributed by atoms with E-state index in [9.17, 15) is 4.57 Å². The Morgan fingerprint density at radius 2 is 1.62 bits per heavy atom. The molecule has 0 amide bonds. The van der Waals surface area contributed by atoms with Gasteiger partial charge in [-0.1, -0.05) is 32.9 Å². The molecule has 16 heavy (non-hydrogen) atoms. The first-order chi connectivity index (χ1) is 6.68. The Bertz CT molecular complexity index is 382. The summed E-state index contributed by atoms with van der Waals surface area (Å²) in [4.78, 5) is 17.2. The maximum atomic E-state index is 10.6. The Labute approximate surface area is 140 Å². The number of benzene rings is 1. The number of phosphoric ester groups is 1. The van der Waals surface area contributed by atoms with Crippen molar-refractivity contribution in [2.75, 3.05) is 0 Å². The molecule has 0 atom stereocenters. The van der Waals surface area contributed by atoms with E-state index in [1.807, 2.05) is 0 Å². The van der Waals surface area contributed by atoms with Crippen LogP contribution in [0.25, 0.3) is 0 Å². The van der Waals surface area contributed by atoms with E-state index in [2.05, 4.69) is 25.3 Å². The number of hydrogen-bond donors (Lipinski definition) is 2. The monoisotopic (exact) mass is 270 g/mol. The molecule has 2 N–H and O–H groups in total. The van der Waals surface area contributed by atoms with Gasteiger partial charge in [-0.3, -0.25) is 9.79 Å². The average molecular weight is 270 g/mol. The van der Waals surface area contributed by atoms with Crippen molar-refractivity contribution in [1.82, 2.24) is 0 Å². The van der Waals surface area contributed by atoms with Crippen molar-refractivity contribution >= 4 is 7.82 Å². The summed E-state index contributed by atoms with van der Waals surface area (Å²) in [5, 5.41) is 0. The zero-order valence-corrected chi connectivity index (χ0v) is 14.0. The van der Waals surface area contributed by atoms with Gasteiger partial charge in [-0.25, -0.2) is 4.57 Å². The quantitative estimate of drug-likeness (QED) is 0.565. The van der Waals surface area contributed by atoms with Crippen LogP contribution in [0.2, 0.25) is 0 Å². The van der Waals surface area contributed by atoms with E-state index >= 15 is 0 Å². The minimum atomic E-state index is -4.44. The van der Waals surface area contributed by atoms with Crippen LogP contribution in [0.4, 0.5) is 0 Å². The van der Waals surface area contributed by atoms with E-state index < -0.39 is 7.82 Å². The summed E-state index contributed by atoms with van der Waals surface area (Å²) in [5.74, 6) is 0.177. The van der Waals surface area contributed by atoms with E-state index in [0.29, 0.717) is 0 Å². The van der Waals surface area contributed by atoms with Crippen LogP contribution >= 0.6 is 7.82 Å². The molecule has 0 bridgehead atoms. The summed E-state index contributed by atoms with van der Waals surface area (Å²) < 4.78 is 15.0. The molecule has 0 spiro atoms. The maximum absolute atomic E-state index is 10.6. The summed E-state index contributed by atoms with van der Waals surface area (Å²) in [5.41, 5.74) is 1.10. The smallest absolute Gasteiger partial charge is 1.00 e. The molecule has 4 nitrogen and oxygen atoms in total. The third kappa shape index (κ3) is 5.94. The zero-order chi connectivity index (χ0) is 11.7. The van der Waals surface area contributed by atoms with Crippen molar-refractivity contribution in [3.05, 3.63) is 29.8 Å². The Kier molecular flexibility index (Phi) is 6.42. The van der Waals surface area contributed by atoms with Crippen LogP contribution in [0.5, 0.6) is 5.75 Å². The number of rotatable bonds is 2. The Morgan fingerprint density at radius 1 is 1.19 bits per heavy atom. The SMILES string of the molecule is CC(C)(C)c1ccc(OP(=O)(O)O)cc1.[H-].[K+]. The molecule has 1 aromatic carbocycles. The summed E-state index contributed by atoms with van der Waals surface area (Å²) in [7, 11) is -4.44. The van der Waals surface area contributed by atoms with Gasteiger partial charge in [-0.05, 0) is 23.1 Å². The van der Waals surface area contributed by atoms with Crippen molar-refractivity contribution in [1.29, 1.82) is 0 Å². The standard InChI is InChI=1S/C10H15O4P.K.H/c1-10(2,3)8-4-6-9(7-5-8)14-15(11,12)13;;/h4-7H,1-3H3,(H2,11,12,13);;/q;+1;-1. The zero-order valence-electron chi connectivity index (χ0n) is 11.0. The molecule has 0 aliphatic rings. The summed E-state index contributed by atoms with van der Waals surface area (Å²) in [6.07, 6.45) is 0. The molecule has 0 aliphatic carbocycles. The van der Waals surface area contributed by atoms with Gasteiger partial charge in [0.1, 0.15) is 5.75 Å². The Morgan fingerprint density at radius 3 is 1.94 bits per heavy atom. The molecule has 0 aromatic heterocycles. The molecule has 0 unspecified atom stereocenters. The minimum Gasteiger partial charge on any atom is -1.00 e. The van der Waals surface area contributed by atoms with E-state index in [0.717, 1.165) is 5.56 Å². The normalized spacial score (nSPS) is 11.8. The van der Waals surface area contributed by atoms with Gasteiger partial charge < -0.3 is 5.95 Å². The average Bonchev–Trinajstić information content (AvgIpc) is 2.00. The molecule has 0 radical (unpaired) electrons. The third-order valence-corrected chi connectivity index (χ3v) is 2.39. The van der Waals surface area contributed by atoms with Crippen LogP contribution in [-0.2, 0) is 9.98 Å². The molecule has 0 saturated heterocycles. The molecule has 0 heterocycles. The van der Waals surface area contributed by atoms with Gasteiger partial charge in [0.15, 0.2) is 0 Å². The molecule has 0 fully saturated rings. The van der Waals surface area contributed by atoms with Crippen molar-refractivity contribution in [2.24, 2.45) is 0 Å². The van der Waals surface area contributed by atoms with E-state index in [-0.39, 0.29) is 64.0 Å². The molecule has 0 aliphatic heterocycles. The van der Waals surface area contributed by atoms with Gasteiger partial charge in [-0.15, -0.1) is 0 Å². The molecule has 86 valence electrons. The predicted molar refractivity (Wildman–Crippen MR) is 58.9 cm³/mol. The second-order valence-electron chi connectivity index (χ2n) is 4.36. The number of phosphoric acid groups is 1. The van der Waals surface area contributed by atoms with Gasteiger partial charge >= 0.3 is 59.2 Å². The van der Waals surface area contributed by atoms with Crippen LogP contribution in [-0.4, -0.2) is 9.79 Å². The van der Waals surface area contributed by atoms with Crippen LogP contribution in [0, 0.1) is 0 Å². The molecule has 0 saturated carbocycles. The first-order valence-electron chi connectivity index (χ1n) is 4.54. The fourth-order valence-electron chi connectivity index (χ4n) is 1.15. The van der Waals surface area contributed by atoms with Gasteiger partial charge in [0.2, 0.25) is 0 Å². The minimum absolute atomic E-state index is 0. The van der Waals surface area contributed by atoms with Gasteiger partial charge in [0.25, 0.3) is 0 Å². The van der Waals surface area contributed by atoms with E-state index in [4.69, 9.17) is 9.79 Å². The number of hydrogen-bond acceptors (Lipinski definition) is 2. The first kappa shape index (κ1) is 16.8. The van der Waals surface area contributed by atoms with Gasteiger partial charge in [-0.2, -0.15) is 0 Å². The van der Waals surface area contributed by atoms with E-state index in [1.165, 1.54) is 0 Å². The van der Waals surface area contributed by atoms with Crippen LogP contribution < -0.4 is 55.9 Å². The first-order valence-corrected chi connectivity index (χ1v) is 6.07. The van der Waals surface area contributed by atoms with Gasteiger partial charge in [0.05, 0.1) is 0 Å². The van der Waals surface area contributed by atoms with E-state index in [1.54, 1.807) is 24.3 Å². The second-order valence-corrected chi connectivity index (χ2v) is 5.52. The molecule has 6 heteroatoms. The molecular weight excluding hydrogens is 254 g/mol. The van der Waals surface area contributed by atoms with Crippen LogP contribution in [0.15, 0.2) is 24.3 Å². The topological polar surface area (TPSA) is 66.8 Å². The predicted octanol–water partition coefficient (Wildman–Crippen LogP) is -0.428. The second kappa shape index (κ2) is 6.11. The van der Waals surface area contributed by atoms with Crippen LogP contribution in [0.1, 0.15) is 27.8 Å².